The highest BCUT2D eigenvalue weighted by atomic mass is 16.1. The fraction of sp³-hybridized carbons (Fsp3) is 0.375. The third kappa shape index (κ3) is 4.38. The van der Waals surface area contributed by atoms with Crippen LogP contribution >= 0.6 is 0 Å². The summed E-state index contributed by atoms with van der Waals surface area (Å²) < 4.78 is 0. The van der Waals surface area contributed by atoms with Gasteiger partial charge in [0.1, 0.15) is 0 Å². The molecule has 1 rings (SSSR count). The second-order valence-electron chi connectivity index (χ2n) is 1.77. The van der Waals surface area contributed by atoms with Crippen LogP contribution < -0.4 is 5.32 Å². The van der Waals surface area contributed by atoms with Crippen molar-refractivity contribution in [2.75, 3.05) is 5.32 Å². The summed E-state index contributed by atoms with van der Waals surface area (Å²) in [6, 6.07) is 0. The lowest BCUT2D eigenvalue weighted by molar-refractivity contribution is -0.114. The minimum atomic E-state index is -0.138. The Balaban J connectivity index is 0.000000561. The molecule has 0 fully saturated rings. The number of anilines is 1. The first-order chi connectivity index (χ1) is 5.79. The Morgan fingerprint density at radius 3 is 2.50 bits per heavy atom. The maximum atomic E-state index is 10.4. The standard InChI is InChI=1S/C6H7N3O.C2H6/c1-5(10)9-6-4-7-2-3-8-6;1-2/h2-4H,1H3,(H,8,9,10);1-2H3. The zero-order valence-electron chi connectivity index (χ0n) is 7.53. The van der Waals surface area contributed by atoms with Gasteiger partial charge in [-0.05, 0) is 0 Å². The van der Waals surface area contributed by atoms with Gasteiger partial charge in [-0.1, -0.05) is 13.8 Å². The maximum absolute atomic E-state index is 10.4. The number of hydrogen-bond acceptors (Lipinski definition) is 3. The molecule has 0 atom stereocenters. The molecule has 0 saturated carbocycles. The number of carbonyl (C=O) groups excluding carboxylic acids is 1. The molecule has 4 heteroatoms. The normalized spacial score (nSPS) is 7.92. The lowest BCUT2D eigenvalue weighted by Crippen LogP contribution is -2.07. The summed E-state index contributed by atoms with van der Waals surface area (Å²) in [7, 11) is 0. The van der Waals surface area contributed by atoms with Crippen LogP contribution in [-0.2, 0) is 4.79 Å². The molecule has 1 aromatic heterocycles. The monoisotopic (exact) mass is 167 g/mol. The molecule has 0 radical (unpaired) electrons. The van der Waals surface area contributed by atoms with Gasteiger partial charge in [0.2, 0.25) is 5.91 Å². The first-order valence-electron chi connectivity index (χ1n) is 3.82. The van der Waals surface area contributed by atoms with Gasteiger partial charge in [0.25, 0.3) is 0 Å². The zero-order valence-corrected chi connectivity index (χ0v) is 7.53. The Labute approximate surface area is 72.0 Å². The zero-order chi connectivity index (χ0) is 9.40. The lowest BCUT2D eigenvalue weighted by Gasteiger charge is -1.96. The summed E-state index contributed by atoms with van der Waals surface area (Å²) in [5.74, 6) is 0.343. The van der Waals surface area contributed by atoms with Crippen molar-refractivity contribution in [3.63, 3.8) is 0 Å². The van der Waals surface area contributed by atoms with Crippen LogP contribution in [0.3, 0.4) is 0 Å². The molecule has 0 bridgehead atoms. The molecule has 0 saturated heterocycles. The van der Waals surface area contributed by atoms with Crippen molar-refractivity contribution in [2.24, 2.45) is 0 Å². The number of nitrogens with zero attached hydrogens (tertiary/aromatic N) is 2. The Morgan fingerprint density at radius 1 is 1.42 bits per heavy atom. The molecule has 66 valence electrons. The van der Waals surface area contributed by atoms with Gasteiger partial charge in [-0.25, -0.2) is 4.98 Å². The fourth-order valence-corrected chi connectivity index (χ4v) is 0.544. The topological polar surface area (TPSA) is 54.9 Å². The van der Waals surface area contributed by atoms with Crippen LogP contribution in [0.5, 0.6) is 0 Å². The van der Waals surface area contributed by atoms with E-state index in [-0.39, 0.29) is 5.91 Å². The minimum absolute atomic E-state index is 0.138. The summed E-state index contributed by atoms with van der Waals surface area (Å²) in [5, 5.41) is 2.49. The van der Waals surface area contributed by atoms with Crippen molar-refractivity contribution < 1.29 is 4.79 Å². The summed E-state index contributed by atoms with van der Waals surface area (Å²) in [6.45, 7) is 5.43. The van der Waals surface area contributed by atoms with Gasteiger partial charge in [-0.2, -0.15) is 0 Å². The van der Waals surface area contributed by atoms with Crippen molar-refractivity contribution in [3.05, 3.63) is 18.6 Å². The highest BCUT2D eigenvalue weighted by Gasteiger charge is 1.92. The molecule has 1 heterocycles. The summed E-state index contributed by atoms with van der Waals surface area (Å²) in [5.41, 5.74) is 0. The number of amides is 1. The number of nitrogens with one attached hydrogen (secondary N) is 1. The van der Waals surface area contributed by atoms with Gasteiger partial charge < -0.3 is 5.32 Å². The van der Waals surface area contributed by atoms with E-state index in [0.29, 0.717) is 5.82 Å². The van der Waals surface area contributed by atoms with E-state index in [0.717, 1.165) is 0 Å². The van der Waals surface area contributed by atoms with Crippen LogP contribution in [-0.4, -0.2) is 15.9 Å². The van der Waals surface area contributed by atoms with Crippen LogP contribution in [0.4, 0.5) is 5.82 Å². The second-order valence-corrected chi connectivity index (χ2v) is 1.77. The molecule has 0 aliphatic heterocycles. The molecule has 1 amide bonds. The third-order valence-corrected chi connectivity index (χ3v) is 0.867. The molecule has 1 aromatic rings. The Bertz CT molecular complexity index is 223. The molecule has 0 spiro atoms. The van der Waals surface area contributed by atoms with Crippen LogP contribution in [0, 0.1) is 0 Å². The lowest BCUT2D eigenvalue weighted by atomic mass is 10.6. The van der Waals surface area contributed by atoms with Crippen LogP contribution in [0.15, 0.2) is 18.6 Å². The van der Waals surface area contributed by atoms with E-state index in [1.54, 1.807) is 6.20 Å². The third-order valence-electron chi connectivity index (χ3n) is 0.867. The number of carbonyl (C=O) groups is 1. The summed E-state index contributed by atoms with van der Waals surface area (Å²) >= 11 is 0. The van der Waals surface area contributed by atoms with Crippen molar-refractivity contribution in [3.8, 4) is 0 Å². The number of rotatable bonds is 1. The Hall–Kier alpha value is -1.45. The maximum Gasteiger partial charge on any atom is 0.222 e. The average molecular weight is 167 g/mol. The molecule has 4 nitrogen and oxygen atoms in total. The van der Waals surface area contributed by atoms with Gasteiger partial charge in [0.05, 0.1) is 6.20 Å². The second kappa shape index (κ2) is 6.27. The van der Waals surface area contributed by atoms with Gasteiger partial charge in [0.15, 0.2) is 5.82 Å². The summed E-state index contributed by atoms with van der Waals surface area (Å²) in [6.07, 6.45) is 4.55. The molecule has 0 aromatic carbocycles. The highest BCUT2D eigenvalue weighted by molar-refractivity contribution is 5.87. The highest BCUT2D eigenvalue weighted by Crippen LogP contribution is 1.94. The van der Waals surface area contributed by atoms with E-state index in [2.05, 4.69) is 15.3 Å². The van der Waals surface area contributed by atoms with E-state index in [9.17, 15) is 4.79 Å². The number of aromatic nitrogens is 2. The van der Waals surface area contributed by atoms with Crippen LogP contribution in [0.2, 0.25) is 0 Å². The van der Waals surface area contributed by atoms with E-state index in [1.165, 1.54) is 19.3 Å². The minimum Gasteiger partial charge on any atom is -0.310 e. The average Bonchev–Trinajstić information content (AvgIpc) is 2.08. The Kier molecular flexibility index (Phi) is 5.51. The van der Waals surface area contributed by atoms with Gasteiger partial charge in [-0.15, -0.1) is 0 Å². The van der Waals surface area contributed by atoms with Gasteiger partial charge in [-0.3, -0.25) is 9.78 Å². The number of hydrogen-bond donors (Lipinski definition) is 1. The smallest absolute Gasteiger partial charge is 0.222 e. The largest absolute Gasteiger partial charge is 0.310 e. The van der Waals surface area contributed by atoms with Crippen LogP contribution in [0.25, 0.3) is 0 Å². The van der Waals surface area contributed by atoms with Crippen molar-refractivity contribution in [2.45, 2.75) is 20.8 Å². The van der Waals surface area contributed by atoms with Crippen LogP contribution in [0.1, 0.15) is 20.8 Å². The SMILES string of the molecule is CC.CC(=O)Nc1cnccn1. The van der Waals surface area contributed by atoms with Crippen molar-refractivity contribution in [1.29, 1.82) is 0 Å². The molecular weight excluding hydrogens is 154 g/mol. The fourth-order valence-electron chi connectivity index (χ4n) is 0.544. The summed E-state index contributed by atoms with van der Waals surface area (Å²) in [4.78, 5) is 18.0. The Morgan fingerprint density at radius 2 is 2.08 bits per heavy atom. The van der Waals surface area contributed by atoms with Gasteiger partial charge in [0, 0.05) is 19.3 Å². The van der Waals surface area contributed by atoms with Gasteiger partial charge >= 0.3 is 0 Å². The van der Waals surface area contributed by atoms with Crippen molar-refractivity contribution >= 4 is 11.7 Å². The van der Waals surface area contributed by atoms with E-state index in [4.69, 9.17) is 0 Å². The predicted octanol–water partition coefficient (Wildman–Crippen LogP) is 1.46. The first-order valence-corrected chi connectivity index (χ1v) is 3.82. The van der Waals surface area contributed by atoms with Crippen molar-refractivity contribution in [1.82, 2.24) is 9.97 Å². The van der Waals surface area contributed by atoms with E-state index >= 15 is 0 Å². The van der Waals surface area contributed by atoms with E-state index < -0.39 is 0 Å². The first kappa shape index (κ1) is 10.6. The molecule has 0 aliphatic rings. The molecule has 12 heavy (non-hydrogen) atoms. The predicted molar refractivity (Wildman–Crippen MR) is 47.7 cm³/mol. The molecule has 0 aliphatic carbocycles. The molecule has 0 unspecified atom stereocenters. The van der Waals surface area contributed by atoms with E-state index in [1.807, 2.05) is 13.8 Å². The molecular formula is C8H13N3O. The molecule has 1 N–H and O–H groups in total. The quantitative estimate of drug-likeness (QED) is 0.689.